The number of benzene rings is 2. The highest BCUT2D eigenvalue weighted by molar-refractivity contribution is 6.30. The Hall–Kier alpha value is -1.61. The van der Waals surface area contributed by atoms with E-state index < -0.39 is 0 Å². The monoisotopic (exact) mass is 313 g/mol. The minimum Gasteiger partial charge on any atom is -0.371 e. The third kappa shape index (κ3) is 4.44. The SMILES string of the molecule is Clc1ccc(/C=C/C2CN(Cc3ccccc3)CCO2)cc1. The average molecular weight is 314 g/mol. The second kappa shape index (κ2) is 7.59. The van der Waals surface area contributed by atoms with E-state index in [1.807, 2.05) is 24.3 Å². The largest absolute Gasteiger partial charge is 0.371 e. The molecule has 0 aliphatic carbocycles. The highest BCUT2D eigenvalue weighted by Gasteiger charge is 2.18. The lowest BCUT2D eigenvalue weighted by Gasteiger charge is -2.31. The fourth-order valence-corrected chi connectivity index (χ4v) is 2.75. The third-order valence-electron chi connectivity index (χ3n) is 3.80. The molecule has 0 amide bonds. The molecule has 1 heterocycles. The van der Waals surface area contributed by atoms with Crippen LogP contribution in [0.25, 0.3) is 6.08 Å². The normalized spacial score (nSPS) is 19.6. The molecule has 0 aromatic heterocycles. The summed E-state index contributed by atoms with van der Waals surface area (Å²) in [5.74, 6) is 0. The molecule has 22 heavy (non-hydrogen) atoms. The molecule has 0 spiro atoms. The molecule has 2 nitrogen and oxygen atoms in total. The maximum atomic E-state index is 5.90. The molecule has 1 aliphatic heterocycles. The maximum Gasteiger partial charge on any atom is 0.0886 e. The summed E-state index contributed by atoms with van der Waals surface area (Å²) in [6.45, 7) is 3.68. The van der Waals surface area contributed by atoms with Gasteiger partial charge in [-0.1, -0.05) is 66.2 Å². The van der Waals surface area contributed by atoms with Crippen LogP contribution >= 0.6 is 11.6 Å². The summed E-state index contributed by atoms with van der Waals surface area (Å²) in [6.07, 6.45) is 4.39. The fourth-order valence-electron chi connectivity index (χ4n) is 2.63. The van der Waals surface area contributed by atoms with Gasteiger partial charge in [0.25, 0.3) is 0 Å². The summed E-state index contributed by atoms with van der Waals surface area (Å²) in [5, 5.41) is 0.764. The molecule has 1 fully saturated rings. The first-order chi connectivity index (χ1) is 10.8. The lowest BCUT2D eigenvalue weighted by molar-refractivity contribution is -0.00610. The summed E-state index contributed by atoms with van der Waals surface area (Å²) in [5.41, 5.74) is 2.50. The molecular weight excluding hydrogens is 294 g/mol. The maximum absolute atomic E-state index is 5.90. The molecule has 1 saturated heterocycles. The molecule has 2 aromatic rings. The molecule has 0 N–H and O–H groups in total. The van der Waals surface area contributed by atoms with Crippen LogP contribution in [0.5, 0.6) is 0 Å². The van der Waals surface area contributed by atoms with Gasteiger partial charge in [0.05, 0.1) is 12.7 Å². The van der Waals surface area contributed by atoms with Crippen LogP contribution in [0.4, 0.5) is 0 Å². The van der Waals surface area contributed by atoms with Gasteiger partial charge in [0.15, 0.2) is 0 Å². The van der Waals surface area contributed by atoms with E-state index in [-0.39, 0.29) is 6.10 Å². The van der Waals surface area contributed by atoms with E-state index in [0.717, 1.165) is 36.8 Å². The molecule has 3 rings (SSSR count). The van der Waals surface area contributed by atoms with Gasteiger partial charge in [-0.05, 0) is 23.3 Å². The summed E-state index contributed by atoms with van der Waals surface area (Å²) in [6, 6.07) is 18.4. The molecule has 0 saturated carbocycles. The molecule has 1 aliphatic rings. The standard InChI is InChI=1S/C19H20ClNO/c20-18-9-6-16(7-10-18)8-11-19-15-21(12-13-22-19)14-17-4-2-1-3-5-17/h1-11,19H,12-15H2/b11-8+. The first-order valence-corrected chi connectivity index (χ1v) is 7.99. The van der Waals surface area contributed by atoms with Gasteiger partial charge in [-0.15, -0.1) is 0 Å². The second-order valence-electron chi connectivity index (χ2n) is 5.54. The number of hydrogen-bond acceptors (Lipinski definition) is 2. The Morgan fingerprint density at radius 1 is 1.09 bits per heavy atom. The number of morpholine rings is 1. The smallest absolute Gasteiger partial charge is 0.0886 e. The van der Waals surface area contributed by atoms with Crippen LogP contribution in [0, 0.1) is 0 Å². The molecule has 114 valence electrons. The highest BCUT2D eigenvalue weighted by Crippen LogP contribution is 2.14. The van der Waals surface area contributed by atoms with Crippen LogP contribution in [0.15, 0.2) is 60.7 Å². The molecule has 2 aromatic carbocycles. The first kappa shape index (κ1) is 15.3. The molecule has 0 bridgehead atoms. The van der Waals surface area contributed by atoms with E-state index in [1.165, 1.54) is 5.56 Å². The predicted molar refractivity (Wildman–Crippen MR) is 91.9 cm³/mol. The summed E-state index contributed by atoms with van der Waals surface area (Å²) in [7, 11) is 0. The Morgan fingerprint density at radius 3 is 2.64 bits per heavy atom. The van der Waals surface area contributed by atoms with Gasteiger partial charge in [0, 0.05) is 24.7 Å². The van der Waals surface area contributed by atoms with Crippen LogP contribution in [0.3, 0.4) is 0 Å². The van der Waals surface area contributed by atoms with Crippen molar-refractivity contribution in [1.82, 2.24) is 4.90 Å². The zero-order valence-electron chi connectivity index (χ0n) is 12.5. The van der Waals surface area contributed by atoms with E-state index in [9.17, 15) is 0 Å². The van der Waals surface area contributed by atoms with Gasteiger partial charge in [0.1, 0.15) is 0 Å². The van der Waals surface area contributed by atoms with Crippen molar-refractivity contribution in [3.05, 3.63) is 76.8 Å². The van der Waals surface area contributed by atoms with Crippen molar-refractivity contribution in [1.29, 1.82) is 0 Å². The molecule has 0 radical (unpaired) electrons. The van der Waals surface area contributed by atoms with Crippen LogP contribution in [0.2, 0.25) is 5.02 Å². The fraction of sp³-hybridized carbons (Fsp3) is 0.263. The van der Waals surface area contributed by atoms with E-state index in [1.54, 1.807) is 0 Å². The van der Waals surface area contributed by atoms with Gasteiger partial charge < -0.3 is 4.74 Å². The van der Waals surface area contributed by atoms with Crippen LogP contribution < -0.4 is 0 Å². The molecular formula is C19H20ClNO. The minimum atomic E-state index is 0.146. The molecule has 3 heteroatoms. The zero-order chi connectivity index (χ0) is 15.2. The van der Waals surface area contributed by atoms with E-state index in [0.29, 0.717) is 0 Å². The second-order valence-corrected chi connectivity index (χ2v) is 5.98. The Bertz CT molecular complexity index is 609. The zero-order valence-corrected chi connectivity index (χ0v) is 13.2. The van der Waals surface area contributed by atoms with Gasteiger partial charge in [-0.25, -0.2) is 0 Å². The first-order valence-electron chi connectivity index (χ1n) is 7.61. The van der Waals surface area contributed by atoms with Crippen molar-refractivity contribution in [3.63, 3.8) is 0 Å². The predicted octanol–water partition coefficient (Wildman–Crippen LogP) is 4.25. The average Bonchev–Trinajstić information content (AvgIpc) is 2.56. The topological polar surface area (TPSA) is 12.5 Å². The number of hydrogen-bond donors (Lipinski definition) is 0. The van der Waals surface area contributed by atoms with Crippen LogP contribution in [-0.4, -0.2) is 30.7 Å². The third-order valence-corrected chi connectivity index (χ3v) is 4.05. The van der Waals surface area contributed by atoms with Crippen LogP contribution in [-0.2, 0) is 11.3 Å². The Morgan fingerprint density at radius 2 is 1.86 bits per heavy atom. The number of rotatable bonds is 4. The van der Waals surface area contributed by atoms with Crippen molar-refractivity contribution in [2.24, 2.45) is 0 Å². The van der Waals surface area contributed by atoms with Crippen molar-refractivity contribution >= 4 is 17.7 Å². The number of nitrogens with zero attached hydrogens (tertiary/aromatic N) is 1. The Kier molecular flexibility index (Phi) is 5.28. The van der Waals surface area contributed by atoms with Crippen molar-refractivity contribution in [2.45, 2.75) is 12.6 Å². The number of ether oxygens (including phenoxy) is 1. The summed E-state index contributed by atoms with van der Waals surface area (Å²) in [4.78, 5) is 2.44. The molecule has 1 unspecified atom stereocenters. The van der Waals surface area contributed by atoms with Crippen molar-refractivity contribution in [3.8, 4) is 0 Å². The summed E-state index contributed by atoms with van der Waals surface area (Å²) >= 11 is 5.90. The van der Waals surface area contributed by atoms with Gasteiger partial charge in [-0.2, -0.15) is 0 Å². The van der Waals surface area contributed by atoms with Crippen molar-refractivity contribution < 1.29 is 4.74 Å². The highest BCUT2D eigenvalue weighted by atomic mass is 35.5. The van der Waals surface area contributed by atoms with Gasteiger partial charge in [0.2, 0.25) is 0 Å². The van der Waals surface area contributed by atoms with E-state index in [2.05, 4.69) is 47.4 Å². The quantitative estimate of drug-likeness (QED) is 0.836. The lowest BCUT2D eigenvalue weighted by atomic mass is 10.1. The Labute approximate surface area is 137 Å². The molecule has 1 atom stereocenters. The van der Waals surface area contributed by atoms with E-state index >= 15 is 0 Å². The van der Waals surface area contributed by atoms with Gasteiger partial charge in [-0.3, -0.25) is 4.90 Å². The lowest BCUT2D eigenvalue weighted by Crippen LogP contribution is -2.41. The summed E-state index contributed by atoms with van der Waals surface area (Å²) < 4.78 is 5.84. The van der Waals surface area contributed by atoms with E-state index in [4.69, 9.17) is 16.3 Å². The number of halogens is 1. The van der Waals surface area contributed by atoms with Crippen molar-refractivity contribution in [2.75, 3.05) is 19.7 Å². The van der Waals surface area contributed by atoms with Gasteiger partial charge >= 0.3 is 0 Å². The Balaban J connectivity index is 1.57. The van der Waals surface area contributed by atoms with Crippen LogP contribution in [0.1, 0.15) is 11.1 Å². The minimum absolute atomic E-state index is 0.146.